The van der Waals surface area contributed by atoms with Crippen molar-refractivity contribution in [2.24, 2.45) is 4.99 Å². The first-order chi connectivity index (χ1) is 10.2. The van der Waals surface area contributed by atoms with E-state index >= 15 is 0 Å². The van der Waals surface area contributed by atoms with E-state index in [1.54, 1.807) is 39.2 Å². The van der Waals surface area contributed by atoms with Crippen molar-refractivity contribution < 1.29 is 8.42 Å². The fraction of sp³-hybridized carbons (Fsp3) is 0.714. The van der Waals surface area contributed by atoms with E-state index in [9.17, 15) is 8.42 Å². The molecule has 0 unspecified atom stereocenters. The van der Waals surface area contributed by atoms with Crippen LogP contribution in [0.3, 0.4) is 0 Å². The Kier molecular flexibility index (Phi) is 9.60. The van der Waals surface area contributed by atoms with Crippen LogP contribution < -0.4 is 10.6 Å². The molecule has 0 atom stereocenters. The Balaban J connectivity index is 0.00000484. The topological polar surface area (TPSA) is 83.4 Å². The normalized spacial score (nSPS) is 12.7. The fourth-order valence-electron chi connectivity index (χ4n) is 1.64. The highest BCUT2D eigenvalue weighted by atomic mass is 127. The van der Waals surface area contributed by atoms with Crippen LogP contribution in [0, 0.1) is 6.92 Å². The standard InChI is InChI=1S/C14H26N4O2S2.HI/c1-11-10-18-12(21-11)6-7-16-13(15-5)17-8-9-22(19,20)14(2,3)4;/h10H,6-9H2,1-5H3,(H2,15,16,17);1H. The summed E-state index contributed by atoms with van der Waals surface area (Å²) >= 11 is 1.68. The smallest absolute Gasteiger partial charge is 0.191 e. The molecule has 0 saturated carbocycles. The van der Waals surface area contributed by atoms with Gasteiger partial charge in [0.15, 0.2) is 15.8 Å². The number of hydrogen-bond acceptors (Lipinski definition) is 5. The summed E-state index contributed by atoms with van der Waals surface area (Å²) < 4.78 is 23.3. The highest BCUT2D eigenvalue weighted by Gasteiger charge is 2.28. The summed E-state index contributed by atoms with van der Waals surface area (Å²) in [5, 5.41) is 7.27. The van der Waals surface area contributed by atoms with Crippen molar-refractivity contribution in [2.45, 2.75) is 38.9 Å². The van der Waals surface area contributed by atoms with Crippen molar-refractivity contribution in [1.29, 1.82) is 0 Å². The molecule has 1 heterocycles. The number of nitrogens with one attached hydrogen (secondary N) is 2. The maximum atomic E-state index is 12.0. The molecular formula is C14H27IN4O2S2. The first-order valence-electron chi connectivity index (χ1n) is 7.24. The van der Waals surface area contributed by atoms with Gasteiger partial charge < -0.3 is 10.6 Å². The largest absolute Gasteiger partial charge is 0.356 e. The first kappa shape index (κ1) is 22.6. The Bertz CT molecular complexity index is 607. The van der Waals surface area contributed by atoms with E-state index in [1.807, 2.05) is 13.1 Å². The van der Waals surface area contributed by atoms with E-state index in [0.29, 0.717) is 19.0 Å². The number of rotatable bonds is 6. The minimum Gasteiger partial charge on any atom is -0.356 e. The van der Waals surface area contributed by atoms with E-state index in [2.05, 4.69) is 20.6 Å². The molecule has 0 amide bonds. The SMILES string of the molecule is CN=C(NCCc1ncc(C)s1)NCCS(=O)(=O)C(C)(C)C.I. The maximum absolute atomic E-state index is 12.0. The number of halogens is 1. The van der Waals surface area contributed by atoms with Gasteiger partial charge in [-0.05, 0) is 27.7 Å². The van der Waals surface area contributed by atoms with Gasteiger partial charge in [0.2, 0.25) is 0 Å². The molecule has 0 radical (unpaired) electrons. The molecule has 6 nitrogen and oxygen atoms in total. The van der Waals surface area contributed by atoms with Gasteiger partial charge in [0, 0.05) is 37.6 Å². The lowest BCUT2D eigenvalue weighted by molar-refractivity contribution is 0.559. The molecule has 0 aliphatic rings. The summed E-state index contributed by atoms with van der Waals surface area (Å²) in [6.07, 6.45) is 2.68. The summed E-state index contributed by atoms with van der Waals surface area (Å²) in [5.74, 6) is 0.695. The Hall–Kier alpha value is -0.420. The molecule has 2 N–H and O–H groups in total. The lowest BCUT2D eigenvalue weighted by Gasteiger charge is -2.19. The number of thiazole rings is 1. The molecule has 0 spiro atoms. The molecule has 9 heteroatoms. The van der Waals surface area contributed by atoms with Crippen LogP contribution in [0.2, 0.25) is 0 Å². The van der Waals surface area contributed by atoms with Crippen molar-refractivity contribution in [3.8, 4) is 0 Å². The number of aromatic nitrogens is 1. The second-order valence-electron chi connectivity index (χ2n) is 5.97. The van der Waals surface area contributed by atoms with Crippen molar-refractivity contribution in [1.82, 2.24) is 15.6 Å². The molecule has 1 aromatic rings. The third-order valence-electron chi connectivity index (χ3n) is 3.12. The average Bonchev–Trinajstić information content (AvgIpc) is 2.81. The van der Waals surface area contributed by atoms with Crippen LogP contribution in [0.5, 0.6) is 0 Å². The van der Waals surface area contributed by atoms with Crippen LogP contribution in [-0.2, 0) is 16.3 Å². The Morgan fingerprint density at radius 2 is 1.91 bits per heavy atom. The molecule has 23 heavy (non-hydrogen) atoms. The van der Waals surface area contributed by atoms with Gasteiger partial charge in [-0.3, -0.25) is 4.99 Å². The molecule has 1 aromatic heterocycles. The molecular weight excluding hydrogens is 447 g/mol. The summed E-state index contributed by atoms with van der Waals surface area (Å²) in [4.78, 5) is 9.59. The Labute approximate surface area is 160 Å². The average molecular weight is 474 g/mol. The number of guanidine groups is 1. The van der Waals surface area contributed by atoms with Crippen LogP contribution in [0.25, 0.3) is 0 Å². The van der Waals surface area contributed by atoms with Crippen LogP contribution >= 0.6 is 35.3 Å². The molecule has 134 valence electrons. The predicted octanol–water partition coefficient (Wildman–Crippen LogP) is 1.99. The monoisotopic (exact) mass is 474 g/mol. The summed E-state index contributed by atoms with van der Waals surface area (Å²) in [7, 11) is -1.45. The van der Waals surface area contributed by atoms with Gasteiger partial charge in [-0.25, -0.2) is 13.4 Å². The summed E-state index contributed by atoms with van der Waals surface area (Å²) in [5.41, 5.74) is 0. The van der Waals surface area contributed by atoms with Crippen LogP contribution in [-0.4, -0.2) is 50.0 Å². The van der Waals surface area contributed by atoms with Gasteiger partial charge in [-0.1, -0.05) is 0 Å². The minimum atomic E-state index is -3.12. The molecule has 0 bridgehead atoms. The quantitative estimate of drug-likeness (QED) is 0.375. The van der Waals surface area contributed by atoms with E-state index in [0.717, 1.165) is 11.4 Å². The number of aryl methyl sites for hydroxylation is 1. The van der Waals surface area contributed by atoms with Gasteiger partial charge in [0.25, 0.3) is 0 Å². The highest BCUT2D eigenvalue weighted by molar-refractivity contribution is 14.0. The zero-order valence-electron chi connectivity index (χ0n) is 14.3. The Morgan fingerprint density at radius 3 is 2.39 bits per heavy atom. The summed E-state index contributed by atoms with van der Waals surface area (Å²) in [6.45, 7) is 8.22. The van der Waals surface area contributed by atoms with Crippen LogP contribution in [0.15, 0.2) is 11.2 Å². The van der Waals surface area contributed by atoms with E-state index < -0.39 is 14.6 Å². The number of hydrogen-bond donors (Lipinski definition) is 2. The molecule has 0 aliphatic carbocycles. The van der Waals surface area contributed by atoms with E-state index in [1.165, 1.54) is 4.88 Å². The predicted molar refractivity (Wildman–Crippen MR) is 109 cm³/mol. The van der Waals surface area contributed by atoms with Gasteiger partial charge >= 0.3 is 0 Å². The van der Waals surface area contributed by atoms with E-state index in [-0.39, 0.29) is 29.7 Å². The molecule has 0 saturated heterocycles. The third kappa shape index (κ3) is 7.79. The number of sulfone groups is 1. The van der Waals surface area contributed by atoms with Crippen LogP contribution in [0.1, 0.15) is 30.7 Å². The molecule has 1 rings (SSSR count). The second kappa shape index (κ2) is 9.77. The van der Waals surface area contributed by atoms with Gasteiger partial charge in [-0.2, -0.15) is 0 Å². The molecule has 0 fully saturated rings. The van der Waals surface area contributed by atoms with Crippen molar-refractivity contribution >= 4 is 51.1 Å². The fourth-order valence-corrected chi connectivity index (χ4v) is 3.41. The molecule has 0 aromatic carbocycles. The minimum absolute atomic E-state index is 0. The van der Waals surface area contributed by atoms with Crippen molar-refractivity contribution in [3.05, 3.63) is 16.1 Å². The number of nitrogens with zero attached hydrogens (tertiary/aromatic N) is 2. The van der Waals surface area contributed by atoms with Crippen molar-refractivity contribution in [2.75, 3.05) is 25.9 Å². The lowest BCUT2D eigenvalue weighted by Crippen LogP contribution is -2.42. The van der Waals surface area contributed by atoms with Crippen LogP contribution in [0.4, 0.5) is 0 Å². The van der Waals surface area contributed by atoms with Gasteiger partial charge in [0.1, 0.15) is 0 Å². The lowest BCUT2D eigenvalue weighted by atomic mass is 10.3. The Morgan fingerprint density at radius 1 is 1.30 bits per heavy atom. The zero-order chi connectivity index (χ0) is 16.8. The van der Waals surface area contributed by atoms with Crippen molar-refractivity contribution in [3.63, 3.8) is 0 Å². The maximum Gasteiger partial charge on any atom is 0.191 e. The third-order valence-corrected chi connectivity index (χ3v) is 6.70. The van der Waals surface area contributed by atoms with E-state index in [4.69, 9.17) is 0 Å². The highest BCUT2D eigenvalue weighted by Crippen LogP contribution is 2.15. The summed E-state index contributed by atoms with van der Waals surface area (Å²) in [6, 6.07) is 0. The van der Waals surface area contributed by atoms with Gasteiger partial charge in [0.05, 0.1) is 15.5 Å². The first-order valence-corrected chi connectivity index (χ1v) is 9.71. The molecule has 0 aliphatic heterocycles. The zero-order valence-corrected chi connectivity index (χ0v) is 18.3. The number of aliphatic imine (C=N–C) groups is 1. The second-order valence-corrected chi connectivity index (χ2v) is 10.2. The van der Waals surface area contributed by atoms with Gasteiger partial charge in [-0.15, -0.1) is 35.3 Å².